The Bertz CT molecular complexity index is 4300. The molecule has 0 unspecified atom stereocenters. The van der Waals surface area contributed by atoms with Crippen LogP contribution in [0.5, 0.6) is 46.0 Å². The standard InChI is InChI=1S/C67H30F18O8/c1-67(2,31-11-23-37(24-12-31)92-65-57(82)47(72)41(48(73)58(65)83)63(88)29-7-19-35(20-8-29)90-33-15-3-27(4-16-33)61(86)39-43(68)51(76)55(80)52(77)44(39)69)32-13-25-38(26-14-32)93-66-59(84)49(74)42(50(75)60(66)85)64(89)30-9-21-36(22-10-30)91-34-17-5-28(6-18-34)62(87)40-45(70)53(78)56(81)54(79)46(40)71/h3-26H,1-2H3. The van der Waals surface area contributed by atoms with Crippen molar-refractivity contribution < 1.29 is 117 Å². The maximum Gasteiger partial charge on any atom is 0.205 e. The summed E-state index contributed by atoms with van der Waals surface area (Å²) in [6.07, 6.45) is 0. The topological polar surface area (TPSA) is 105 Å². The van der Waals surface area contributed by atoms with E-state index in [2.05, 4.69) is 0 Å². The lowest BCUT2D eigenvalue weighted by molar-refractivity contribution is 0.101. The molecule has 0 aromatic heterocycles. The van der Waals surface area contributed by atoms with Gasteiger partial charge in [-0.05, 0) is 132 Å². The molecule has 26 heteroatoms. The Morgan fingerprint density at radius 1 is 0.226 bits per heavy atom. The van der Waals surface area contributed by atoms with Gasteiger partial charge in [-0.3, -0.25) is 19.2 Å². The molecule has 0 heterocycles. The second-order valence-electron chi connectivity index (χ2n) is 20.3. The summed E-state index contributed by atoms with van der Waals surface area (Å²) in [4.78, 5) is 51.9. The molecular weight excluding hydrogens is 1270 g/mol. The van der Waals surface area contributed by atoms with Crippen molar-refractivity contribution in [1.29, 1.82) is 0 Å². The Balaban J connectivity index is 0.758. The molecule has 0 fully saturated rings. The van der Waals surface area contributed by atoms with Crippen LogP contribution in [0.4, 0.5) is 79.0 Å². The number of hydrogen-bond donors (Lipinski definition) is 0. The predicted molar refractivity (Wildman–Crippen MR) is 290 cm³/mol. The van der Waals surface area contributed by atoms with Crippen molar-refractivity contribution in [3.8, 4) is 46.0 Å². The molecule has 8 nitrogen and oxygen atoms in total. The summed E-state index contributed by atoms with van der Waals surface area (Å²) in [5.74, 6) is -51.0. The van der Waals surface area contributed by atoms with Gasteiger partial charge in [-0.2, -0.15) is 17.6 Å². The molecule has 0 aliphatic rings. The lowest BCUT2D eigenvalue weighted by atomic mass is 9.78. The molecule has 10 aromatic rings. The maximum absolute atomic E-state index is 15.5. The molecule has 0 bridgehead atoms. The summed E-state index contributed by atoms with van der Waals surface area (Å²) in [5, 5.41) is 0. The Hall–Kier alpha value is -11.2. The summed E-state index contributed by atoms with van der Waals surface area (Å²) < 4.78 is 284. The molecular formula is C67H30F18O8. The van der Waals surface area contributed by atoms with Gasteiger partial charge in [0.05, 0.1) is 0 Å². The van der Waals surface area contributed by atoms with Crippen molar-refractivity contribution in [1.82, 2.24) is 0 Å². The normalized spacial score (nSPS) is 11.4. The third-order valence-electron chi connectivity index (χ3n) is 14.3. The fourth-order valence-electron chi connectivity index (χ4n) is 9.24. The zero-order valence-electron chi connectivity index (χ0n) is 46.4. The fourth-order valence-corrected chi connectivity index (χ4v) is 9.24. The van der Waals surface area contributed by atoms with Crippen molar-refractivity contribution in [2.75, 3.05) is 0 Å². The van der Waals surface area contributed by atoms with Crippen LogP contribution < -0.4 is 18.9 Å². The molecule has 0 aliphatic carbocycles. The first-order valence-electron chi connectivity index (χ1n) is 26.3. The highest BCUT2D eigenvalue weighted by atomic mass is 19.2. The Morgan fingerprint density at radius 2 is 0.387 bits per heavy atom. The number of hydrogen-bond acceptors (Lipinski definition) is 8. The molecule has 10 rings (SSSR count). The van der Waals surface area contributed by atoms with E-state index in [9.17, 15) is 63.1 Å². The van der Waals surface area contributed by atoms with E-state index in [1.54, 1.807) is 13.8 Å². The zero-order valence-corrected chi connectivity index (χ0v) is 46.4. The van der Waals surface area contributed by atoms with Gasteiger partial charge in [0.1, 0.15) is 56.8 Å². The first-order chi connectivity index (χ1) is 44.0. The minimum atomic E-state index is -2.47. The summed E-state index contributed by atoms with van der Waals surface area (Å²) in [7, 11) is 0. The van der Waals surface area contributed by atoms with Crippen LogP contribution in [-0.4, -0.2) is 23.1 Å². The van der Waals surface area contributed by atoms with E-state index in [0.717, 1.165) is 121 Å². The van der Waals surface area contributed by atoms with Crippen LogP contribution in [-0.2, 0) is 5.41 Å². The van der Waals surface area contributed by atoms with E-state index in [0.29, 0.717) is 11.1 Å². The van der Waals surface area contributed by atoms with Gasteiger partial charge < -0.3 is 18.9 Å². The van der Waals surface area contributed by atoms with Crippen LogP contribution in [0, 0.1) is 105 Å². The smallest absolute Gasteiger partial charge is 0.205 e. The molecule has 0 radical (unpaired) electrons. The van der Waals surface area contributed by atoms with E-state index >= 15 is 35.1 Å². The van der Waals surface area contributed by atoms with Crippen LogP contribution in [0.3, 0.4) is 0 Å². The van der Waals surface area contributed by atoms with Crippen molar-refractivity contribution in [3.05, 3.63) is 306 Å². The summed E-state index contributed by atoms with van der Waals surface area (Å²) in [5.41, 5.74) is -8.84. The maximum atomic E-state index is 15.5. The number of benzene rings is 10. The van der Waals surface area contributed by atoms with Crippen LogP contribution in [0.1, 0.15) is 88.7 Å². The van der Waals surface area contributed by atoms with Gasteiger partial charge in [0.15, 0.2) is 92.9 Å². The van der Waals surface area contributed by atoms with E-state index in [4.69, 9.17) is 18.9 Å². The quantitative estimate of drug-likeness (QED) is 0.0362. The number of carbonyl (C=O) groups excluding carboxylic acids is 4. The summed E-state index contributed by atoms with van der Waals surface area (Å²) in [6, 6.07) is 26.3. The lowest BCUT2D eigenvalue weighted by Gasteiger charge is -2.26. The van der Waals surface area contributed by atoms with Crippen molar-refractivity contribution >= 4 is 23.1 Å². The molecule has 10 aromatic carbocycles. The molecule has 0 saturated carbocycles. The first kappa shape index (κ1) is 64.8. The second-order valence-corrected chi connectivity index (χ2v) is 20.3. The zero-order chi connectivity index (χ0) is 67.4. The van der Waals surface area contributed by atoms with Gasteiger partial charge in [-0.1, -0.05) is 38.1 Å². The van der Waals surface area contributed by atoms with Crippen molar-refractivity contribution in [2.45, 2.75) is 19.3 Å². The van der Waals surface area contributed by atoms with Crippen LogP contribution in [0.25, 0.3) is 0 Å². The third kappa shape index (κ3) is 12.0. The van der Waals surface area contributed by atoms with Crippen LogP contribution >= 0.6 is 0 Å². The SMILES string of the molecule is CC(C)(c1ccc(Oc2c(F)c(F)c(C(=O)c3ccc(Oc4ccc(C(=O)c5c(F)c(F)c(F)c(F)c5F)cc4)cc3)c(F)c2F)cc1)c1ccc(Oc2c(F)c(F)c(C(=O)c3ccc(Oc4ccc(C(=O)c5c(F)c(F)c(F)c(F)c5F)cc4)cc3)c(F)c2F)cc1. The molecule has 0 amide bonds. The van der Waals surface area contributed by atoms with E-state index in [1.807, 2.05) is 0 Å². The molecule has 472 valence electrons. The summed E-state index contributed by atoms with van der Waals surface area (Å²) >= 11 is 0. The minimum absolute atomic E-state index is 0.0812. The number of carbonyl (C=O) groups is 4. The van der Waals surface area contributed by atoms with Gasteiger partial charge in [0.2, 0.25) is 46.4 Å². The van der Waals surface area contributed by atoms with E-state index in [1.165, 1.54) is 24.3 Å². The molecule has 0 saturated heterocycles. The Kier molecular flexibility index (Phi) is 17.6. The highest BCUT2D eigenvalue weighted by Gasteiger charge is 2.36. The van der Waals surface area contributed by atoms with Crippen LogP contribution in [0.15, 0.2) is 146 Å². The fraction of sp³-hybridized carbons (Fsp3) is 0.0448. The highest BCUT2D eigenvalue weighted by Crippen LogP contribution is 2.40. The molecule has 0 spiro atoms. The van der Waals surface area contributed by atoms with Crippen molar-refractivity contribution in [2.24, 2.45) is 0 Å². The van der Waals surface area contributed by atoms with Gasteiger partial charge in [0, 0.05) is 27.7 Å². The minimum Gasteiger partial charge on any atom is -0.457 e. The molecule has 0 atom stereocenters. The third-order valence-corrected chi connectivity index (χ3v) is 14.3. The Labute approximate surface area is 510 Å². The number of rotatable bonds is 18. The number of ether oxygens (including phenoxy) is 4. The van der Waals surface area contributed by atoms with Crippen molar-refractivity contribution in [3.63, 3.8) is 0 Å². The first-order valence-corrected chi connectivity index (χ1v) is 26.3. The predicted octanol–water partition coefficient (Wildman–Crippen LogP) is 18.6. The van der Waals surface area contributed by atoms with Crippen LogP contribution in [0.2, 0.25) is 0 Å². The largest absolute Gasteiger partial charge is 0.457 e. The van der Waals surface area contributed by atoms with Gasteiger partial charge >= 0.3 is 0 Å². The van der Waals surface area contributed by atoms with E-state index < -0.39 is 189 Å². The second kappa shape index (κ2) is 25.2. The molecule has 0 aliphatic heterocycles. The highest BCUT2D eigenvalue weighted by molar-refractivity contribution is 6.11. The van der Waals surface area contributed by atoms with E-state index in [-0.39, 0.29) is 34.5 Å². The molecule has 0 N–H and O–H groups in total. The summed E-state index contributed by atoms with van der Waals surface area (Å²) in [6.45, 7) is 3.34. The van der Waals surface area contributed by atoms with Gasteiger partial charge in [-0.15, -0.1) is 0 Å². The monoisotopic (exact) mass is 1300 g/mol. The number of ketones is 4. The average molecular weight is 1300 g/mol. The molecule has 93 heavy (non-hydrogen) atoms. The average Bonchev–Trinajstić information content (AvgIpc) is 0.865. The Morgan fingerprint density at radius 3 is 0.591 bits per heavy atom. The number of halogens is 18. The van der Waals surface area contributed by atoms with Gasteiger partial charge in [0.25, 0.3) is 0 Å². The lowest BCUT2D eigenvalue weighted by Crippen LogP contribution is -2.18. The van der Waals surface area contributed by atoms with Gasteiger partial charge in [-0.25, -0.2) is 61.5 Å².